The van der Waals surface area contributed by atoms with Crippen molar-refractivity contribution < 1.29 is 9.47 Å². The molecule has 3 atom stereocenters. The first-order valence-corrected chi connectivity index (χ1v) is 11.6. The second kappa shape index (κ2) is 7.93. The molecule has 10 nitrogen and oxygen atoms in total. The van der Waals surface area contributed by atoms with Gasteiger partial charge in [-0.15, -0.1) is 5.10 Å². The summed E-state index contributed by atoms with van der Waals surface area (Å²) in [5.74, 6) is 2.61. The topological polar surface area (TPSA) is 96.4 Å². The zero-order valence-corrected chi connectivity index (χ0v) is 18.6. The lowest BCUT2D eigenvalue weighted by Gasteiger charge is -2.37. The first kappa shape index (κ1) is 19.8. The molecular formula is C22H30N8O2. The largest absolute Gasteiger partial charge is 0.377 e. The lowest BCUT2D eigenvalue weighted by Crippen LogP contribution is -2.45. The van der Waals surface area contributed by atoms with E-state index < -0.39 is 0 Å². The van der Waals surface area contributed by atoms with Crippen molar-refractivity contribution in [3.63, 3.8) is 0 Å². The Bertz CT molecular complexity index is 1090. The Morgan fingerprint density at radius 2 is 2.09 bits per heavy atom. The number of hydrogen-bond donors (Lipinski definition) is 2. The van der Waals surface area contributed by atoms with Crippen molar-refractivity contribution in [3.8, 4) is 5.82 Å². The van der Waals surface area contributed by atoms with E-state index in [0.717, 1.165) is 67.5 Å². The number of rotatable bonds is 5. The van der Waals surface area contributed by atoms with E-state index in [4.69, 9.17) is 19.6 Å². The molecule has 0 aliphatic carbocycles. The molecule has 170 valence electrons. The molecule has 3 aliphatic heterocycles. The van der Waals surface area contributed by atoms with E-state index in [1.165, 1.54) is 5.69 Å². The minimum absolute atomic E-state index is 0.263. The summed E-state index contributed by atoms with van der Waals surface area (Å²) in [6.45, 7) is 9.10. The number of aromatic nitrogens is 5. The monoisotopic (exact) mass is 438 g/mol. The molecule has 10 heteroatoms. The van der Waals surface area contributed by atoms with Crippen LogP contribution in [0.3, 0.4) is 0 Å². The van der Waals surface area contributed by atoms with Crippen LogP contribution >= 0.6 is 0 Å². The molecule has 6 rings (SSSR count). The van der Waals surface area contributed by atoms with E-state index in [-0.39, 0.29) is 6.04 Å². The molecule has 3 aromatic rings. The smallest absolute Gasteiger partial charge is 0.171 e. The summed E-state index contributed by atoms with van der Waals surface area (Å²) < 4.78 is 13.7. The zero-order chi connectivity index (χ0) is 21.7. The highest BCUT2D eigenvalue weighted by atomic mass is 16.5. The summed E-state index contributed by atoms with van der Waals surface area (Å²) in [4.78, 5) is 9.96. The van der Waals surface area contributed by atoms with Crippen molar-refractivity contribution in [2.24, 2.45) is 0 Å². The Kier molecular flexibility index (Phi) is 4.91. The zero-order valence-electron chi connectivity index (χ0n) is 18.6. The van der Waals surface area contributed by atoms with Gasteiger partial charge in [0.15, 0.2) is 17.3 Å². The van der Waals surface area contributed by atoms with Crippen LogP contribution < -0.4 is 15.1 Å². The van der Waals surface area contributed by atoms with Gasteiger partial charge in [-0.2, -0.15) is 9.78 Å². The number of nitrogens with zero attached hydrogens (tertiary/aromatic N) is 6. The minimum Gasteiger partial charge on any atom is -0.377 e. The summed E-state index contributed by atoms with van der Waals surface area (Å²) in [5.41, 5.74) is 2.00. The summed E-state index contributed by atoms with van der Waals surface area (Å²) in [7, 11) is 0. The Balaban J connectivity index is 1.55. The fourth-order valence-corrected chi connectivity index (χ4v) is 5.18. The molecule has 0 saturated carbocycles. The molecule has 0 radical (unpaired) electrons. The van der Waals surface area contributed by atoms with Gasteiger partial charge in [0.25, 0.3) is 0 Å². The molecule has 3 aliphatic rings. The molecule has 2 bridgehead atoms. The molecule has 6 heterocycles. The van der Waals surface area contributed by atoms with Crippen molar-refractivity contribution in [1.29, 1.82) is 0 Å². The maximum absolute atomic E-state index is 6.13. The van der Waals surface area contributed by atoms with Gasteiger partial charge >= 0.3 is 0 Å². The third-order valence-electron chi connectivity index (χ3n) is 6.71. The van der Waals surface area contributed by atoms with Gasteiger partial charge < -0.3 is 24.6 Å². The predicted molar refractivity (Wildman–Crippen MR) is 123 cm³/mol. The van der Waals surface area contributed by atoms with Gasteiger partial charge in [-0.1, -0.05) is 0 Å². The van der Waals surface area contributed by atoms with Crippen molar-refractivity contribution in [3.05, 3.63) is 18.3 Å². The molecule has 3 aromatic heterocycles. The van der Waals surface area contributed by atoms with Crippen LogP contribution in [0.2, 0.25) is 0 Å². The van der Waals surface area contributed by atoms with Crippen LogP contribution in [-0.2, 0) is 9.47 Å². The second-order valence-electron chi connectivity index (χ2n) is 8.91. The normalized spacial score (nSPS) is 25.6. The first-order chi connectivity index (χ1) is 15.7. The second-order valence-corrected chi connectivity index (χ2v) is 8.91. The molecule has 0 amide bonds. The average Bonchev–Trinajstić information content (AvgIpc) is 3.53. The van der Waals surface area contributed by atoms with Gasteiger partial charge in [-0.3, -0.25) is 5.10 Å². The number of aromatic amines is 1. The van der Waals surface area contributed by atoms with Crippen LogP contribution in [0.5, 0.6) is 0 Å². The summed E-state index contributed by atoms with van der Waals surface area (Å²) >= 11 is 0. The van der Waals surface area contributed by atoms with Crippen molar-refractivity contribution in [2.75, 3.05) is 54.5 Å². The molecule has 3 saturated heterocycles. The molecule has 2 unspecified atom stereocenters. The number of hydrogen-bond acceptors (Lipinski definition) is 8. The fraction of sp³-hybridized carbons (Fsp3) is 0.591. The standard InChI is InChI=1S/C22H30N8O2/c1-3-23-21-20-17(28-11-15-4-5-16(12-28)32-15)10-19(29-8-9-31-13-14(29)2)25-22(20)30(27-21)18-6-7-24-26-18/h6-7,10,14-16H,3-5,8-9,11-13H2,1-2H3,(H,23,27)(H,24,26)/t14-,15?,16?/m1/s1. The van der Waals surface area contributed by atoms with Gasteiger partial charge in [0.05, 0.1) is 48.7 Å². The number of pyridine rings is 1. The molecular weight excluding hydrogens is 408 g/mol. The highest BCUT2D eigenvalue weighted by Gasteiger charge is 2.36. The number of fused-ring (bicyclic) bond motifs is 3. The lowest BCUT2D eigenvalue weighted by atomic mass is 10.1. The highest BCUT2D eigenvalue weighted by Crippen LogP contribution is 2.39. The third kappa shape index (κ3) is 3.29. The predicted octanol–water partition coefficient (Wildman–Crippen LogP) is 2.17. The van der Waals surface area contributed by atoms with Crippen LogP contribution in [0.1, 0.15) is 26.7 Å². The van der Waals surface area contributed by atoms with Crippen LogP contribution in [0.4, 0.5) is 17.3 Å². The number of ether oxygens (including phenoxy) is 2. The third-order valence-corrected chi connectivity index (χ3v) is 6.71. The Morgan fingerprint density at radius 1 is 1.25 bits per heavy atom. The van der Waals surface area contributed by atoms with Gasteiger partial charge in [-0.05, 0) is 26.7 Å². The molecule has 0 aromatic carbocycles. The summed E-state index contributed by atoms with van der Waals surface area (Å²) in [6, 6.07) is 4.43. The molecule has 3 fully saturated rings. The lowest BCUT2D eigenvalue weighted by molar-refractivity contribution is 0.0306. The van der Waals surface area contributed by atoms with E-state index in [1.54, 1.807) is 6.20 Å². The number of morpholine rings is 2. The van der Waals surface area contributed by atoms with Gasteiger partial charge in [0, 0.05) is 38.3 Å². The van der Waals surface area contributed by atoms with Crippen LogP contribution in [0.25, 0.3) is 16.9 Å². The average molecular weight is 439 g/mol. The van der Waals surface area contributed by atoms with Crippen LogP contribution in [0, 0.1) is 0 Å². The van der Waals surface area contributed by atoms with Crippen molar-refractivity contribution in [1.82, 2.24) is 25.0 Å². The summed E-state index contributed by atoms with van der Waals surface area (Å²) in [5, 5.41) is 16.6. The molecule has 2 N–H and O–H groups in total. The van der Waals surface area contributed by atoms with E-state index in [2.05, 4.69) is 45.2 Å². The van der Waals surface area contributed by atoms with Crippen molar-refractivity contribution in [2.45, 2.75) is 44.9 Å². The maximum atomic E-state index is 6.13. The van der Waals surface area contributed by atoms with Gasteiger partial charge in [0.2, 0.25) is 0 Å². The van der Waals surface area contributed by atoms with E-state index in [0.29, 0.717) is 25.4 Å². The van der Waals surface area contributed by atoms with Gasteiger partial charge in [-0.25, -0.2) is 4.98 Å². The van der Waals surface area contributed by atoms with Crippen LogP contribution in [0.15, 0.2) is 18.3 Å². The van der Waals surface area contributed by atoms with E-state index >= 15 is 0 Å². The Labute approximate surface area is 186 Å². The molecule has 0 spiro atoms. The maximum Gasteiger partial charge on any atom is 0.171 e. The number of H-pyrrole nitrogens is 1. The Hall–Kier alpha value is -2.85. The highest BCUT2D eigenvalue weighted by molar-refractivity contribution is 6.01. The number of anilines is 3. The number of nitrogens with one attached hydrogen (secondary N) is 2. The Morgan fingerprint density at radius 3 is 2.81 bits per heavy atom. The fourth-order valence-electron chi connectivity index (χ4n) is 5.18. The molecule has 32 heavy (non-hydrogen) atoms. The van der Waals surface area contributed by atoms with E-state index in [9.17, 15) is 0 Å². The van der Waals surface area contributed by atoms with Gasteiger partial charge in [0.1, 0.15) is 5.82 Å². The first-order valence-electron chi connectivity index (χ1n) is 11.6. The van der Waals surface area contributed by atoms with Crippen LogP contribution in [-0.4, -0.2) is 82.6 Å². The quantitative estimate of drug-likeness (QED) is 0.626. The van der Waals surface area contributed by atoms with E-state index in [1.807, 2.05) is 10.7 Å². The van der Waals surface area contributed by atoms with Crippen molar-refractivity contribution >= 4 is 28.4 Å². The summed E-state index contributed by atoms with van der Waals surface area (Å²) in [6.07, 6.45) is 4.61. The SMILES string of the molecule is CCNc1nn(-c2ccn[nH]2)c2nc(N3CCOC[C@H]3C)cc(N3CC4CCC(C3)O4)c12. The minimum atomic E-state index is 0.263.